The van der Waals surface area contributed by atoms with Crippen LogP contribution in [-0.4, -0.2) is 25.3 Å². The maximum atomic E-state index is 8.46. The Bertz CT molecular complexity index is 250. The average Bonchev–Trinajstić information content (AvgIpc) is 2.33. The van der Waals surface area contributed by atoms with Crippen molar-refractivity contribution in [2.75, 3.05) is 0 Å². The van der Waals surface area contributed by atoms with E-state index in [1.165, 1.54) is 51.4 Å². The van der Waals surface area contributed by atoms with E-state index in [9.17, 15) is 0 Å². The molecule has 0 amide bonds. The van der Waals surface area contributed by atoms with Crippen LogP contribution >= 0.6 is 8.69 Å². The standard InChI is InChI=1S/2C6H9.Mg.HO2P/c2*1-2-4-6-5-3-1;;1-3-2/h2*1H,2,4-6H2;;(H,1,2). The number of rotatable bonds is 2. The van der Waals surface area contributed by atoms with Gasteiger partial charge in [0.1, 0.15) is 0 Å². The van der Waals surface area contributed by atoms with E-state index < -0.39 is 8.69 Å². The highest BCUT2D eigenvalue weighted by Crippen LogP contribution is 2.22. The molecule has 0 radical (unpaired) electrons. The third kappa shape index (κ3) is 6.14. The minimum absolute atomic E-state index is 0.0420. The van der Waals surface area contributed by atoms with Gasteiger partial charge in [0.05, 0.1) is 0 Å². The van der Waals surface area contributed by atoms with Gasteiger partial charge in [-0.25, -0.2) is 4.57 Å². The molecule has 0 aromatic rings. The van der Waals surface area contributed by atoms with E-state index in [1.807, 2.05) is 7.40 Å². The molecular formula is C12H19MgO2P. The van der Waals surface area contributed by atoms with Crippen LogP contribution in [0, 0.1) is 0 Å². The summed E-state index contributed by atoms with van der Waals surface area (Å²) >= 11 is 0.0420. The van der Waals surface area contributed by atoms with E-state index in [-0.39, 0.29) is 20.4 Å². The van der Waals surface area contributed by atoms with Crippen molar-refractivity contribution < 1.29 is 9.46 Å². The fourth-order valence-corrected chi connectivity index (χ4v) is 4.56. The summed E-state index contributed by atoms with van der Waals surface area (Å²) in [5.41, 5.74) is 0. The average molecular weight is 251 g/mol. The molecule has 16 heavy (non-hydrogen) atoms. The van der Waals surface area contributed by atoms with Gasteiger partial charge in [-0.3, -0.25) is 0 Å². The molecule has 0 heterocycles. The Labute approximate surface area is 109 Å². The zero-order valence-corrected chi connectivity index (χ0v) is 12.1. The highest BCUT2D eigenvalue weighted by Gasteiger charge is 2.11. The third-order valence-electron chi connectivity index (χ3n) is 3.22. The molecule has 4 heteroatoms. The highest BCUT2D eigenvalue weighted by atomic mass is 31.1. The maximum Gasteiger partial charge on any atom is 0.436 e. The predicted octanol–water partition coefficient (Wildman–Crippen LogP) is 3.79. The molecule has 2 nitrogen and oxygen atoms in total. The molecule has 0 aromatic heterocycles. The second-order valence-corrected chi connectivity index (χ2v) is 6.81. The molecule has 2 rings (SSSR count). The lowest BCUT2D eigenvalue weighted by Gasteiger charge is -2.16. The molecule has 0 saturated carbocycles. The summed E-state index contributed by atoms with van der Waals surface area (Å²) in [7, 11) is -0.833. The zero-order chi connectivity index (χ0) is 11.6. The highest BCUT2D eigenvalue weighted by molar-refractivity contribution is 7.16. The molecule has 0 spiro atoms. The Morgan fingerprint density at radius 2 is 1.44 bits per heavy atom. The summed E-state index contributed by atoms with van der Waals surface area (Å²) in [6, 6.07) is 0. The Hall–Kier alpha value is 0.306. The molecule has 0 saturated heterocycles. The van der Waals surface area contributed by atoms with E-state index >= 15 is 0 Å². The zero-order valence-electron chi connectivity index (χ0n) is 9.82. The van der Waals surface area contributed by atoms with Crippen molar-refractivity contribution in [1.29, 1.82) is 0 Å². The van der Waals surface area contributed by atoms with Crippen LogP contribution in [0.25, 0.3) is 0 Å². The third-order valence-corrected chi connectivity index (χ3v) is 5.42. The smallest absolute Gasteiger partial charge is 0.310 e. The number of hydrogen-bond acceptors (Lipinski definition) is 1. The first-order valence-corrected chi connectivity index (χ1v) is 8.37. The van der Waals surface area contributed by atoms with Crippen molar-refractivity contribution in [1.82, 2.24) is 0 Å². The molecule has 0 aliphatic heterocycles. The quantitative estimate of drug-likeness (QED) is 0.598. The normalized spacial score (nSPS) is 20.1. The van der Waals surface area contributed by atoms with Crippen molar-refractivity contribution in [2.24, 2.45) is 0 Å². The van der Waals surface area contributed by atoms with Crippen LogP contribution in [0.3, 0.4) is 0 Å². The Morgan fingerprint density at radius 1 is 1.00 bits per heavy atom. The van der Waals surface area contributed by atoms with E-state index in [0.29, 0.717) is 0 Å². The molecule has 0 bridgehead atoms. The van der Waals surface area contributed by atoms with Crippen LogP contribution in [0.1, 0.15) is 51.4 Å². The largest absolute Gasteiger partial charge is 0.436 e. The molecule has 0 atom stereocenters. The first kappa shape index (κ1) is 14.4. The monoisotopic (exact) mass is 250 g/mol. The van der Waals surface area contributed by atoms with Crippen molar-refractivity contribution in [2.45, 2.75) is 51.4 Å². The summed E-state index contributed by atoms with van der Waals surface area (Å²) in [6.07, 6.45) is 16.5. The SMILES string of the molecule is C1=[C]([Mg][C]2=CCCCC2)CCCC1.O=PO. The van der Waals surface area contributed by atoms with Gasteiger partial charge in [0.15, 0.2) is 0 Å². The van der Waals surface area contributed by atoms with Crippen LogP contribution < -0.4 is 0 Å². The summed E-state index contributed by atoms with van der Waals surface area (Å²) in [4.78, 5) is 6.99. The van der Waals surface area contributed by atoms with Crippen LogP contribution in [-0.2, 0) is 4.57 Å². The number of hydrogen-bond donors (Lipinski definition) is 1. The second-order valence-electron chi connectivity index (χ2n) is 4.47. The lowest BCUT2D eigenvalue weighted by atomic mass is 10.1. The van der Waals surface area contributed by atoms with Gasteiger partial charge in [-0.05, 0) is 25.7 Å². The van der Waals surface area contributed by atoms with Gasteiger partial charge in [-0.2, -0.15) is 7.40 Å². The second kappa shape index (κ2) is 9.35. The summed E-state index contributed by atoms with van der Waals surface area (Å²) in [5, 5.41) is 0. The minimum Gasteiger partial charge on any atom is -0.310 e. The van der Waals surface area contributed by atoms with Gasteiger partial charge < -0.3 is 4.89 Å². The molecule has 0 unspecified atom stereocenters. The minimum atomic E-state index is -0.833. The van der Waals surface area contributed by atoms with Crippen LogP contribution in [0.2, 0.25) is 0 Å². The molecule has 0 fully saturated rings. The first-order valence-electron chi connectivity index (χ1n) is 6.19. The molecule has 2 aliphatic rings. The topological polar surface area (TPSA) is 37.3 Å². The summed E-state index contributed by atoms with van der Waals surface area (Å²) < 4.78 is 12.2. The van der Waals surface area contributed by atoms with Crippen LogP contribution in [0.5, 0.6) is 0 Å². The van der Waals surface area contributed by atoms with E-state index in [1.54, 1.807) is 0 Å². The van der Waals surface area contributed by atoms with Gasteiger partial charge in [0.25, 0.3) is 0 Å². The van der Waals surface area contributed by atoms with Gasteiger partial charge >= 0.3 is 29.1 Å². The first-order chi connectivity index (χ1) is 7.86. The van der Waals surface area contributed by atoms with Crippen molar-refractivity contribution >= 4 is 29.1 Å². The number of allylic oxidation sites excluding steroid dienone is 4. The van der Waals surface area contributed by atoms with Gasteiger partial charge in [-0.15, -0.1) is 12.2 Å². The molecule has 2 aliphatic carbocycles. The van der Waals surface area contributed by atoms with Crippen molar-refractivity contribution in [3.63, 3.8) is 0 Å². The van der Waals surface area contributed by atoms with Crippen molar-refractivity contribution in [3.8, 4) is 0 Å². The van der Waals surface area contributed by atoms with Crippen LogP contribution in [0.4, 0.5) is 0 Å². The molecular weight excluding hydrogens is 231 g/mol. The summed E-state index contributed by atoms with van der Waals surface area (Å²) in [6.45, 7) is 0. The van der Waals surface area contributed by atoms with Gasteiger partial charge in [0, 0.05) is 0 Å². The molecule has 86 valence electrons. The van der Waals surface area contributed by atoms with Crippen LogP contribution in [0.15, 0.2) is 19.6 Å². The lowest BCUT2D eigenvalue weighted by molar-refractivity contribution is 0.524. The fourth-order valence-electron chi connectivity index (χ4n) is 2.42. The van der Waals surface area contributed by atoms with E-state index in [2.05, 4.69) is 12.2 Å². The van der Waals surface area contributed by atoms with E-state index in [0.717, 1.165) is 0 Å². The fraction of sp³-hybridized carbons (Fsp3) is 0.667. The molecule has 1 N–H and O–H groups in total. The predicted molar refractivity (Wildman–Crippen MR) is 68.7 cm³/mol. The Balaban J connectivity index is 0.000000386. The maximum absolute atomic E-state index is 8.46. The van der Waals surface area contributed by atoms with Gasteiger partial charge in [0.2, 0.25) is 0 Å². The van der Waals surface area contributed by atoms with Gasteiger partial charge in [-0.1, -0.05) is 25.7 Å². The Morgan fingerprint density at radius 3 is 1.75 bits per heavy atom. The molecule has 0 aromatic carbocycles. The lowest BCUT2D eigenvalue weighted by Crippen LogP contribution is -2.06. The summed E-state index contributed by atoms with van der Waals surface area (Å²) in [5.74, 6) is 0. The Kier molecular flexibility index (Phi) is 8.39. The van der Waals surface area contributed by atoms with E-state index in [4.69, 9.17) is 9.46 Å². The van der Waals surface area contributed by atoms with Crippen molar-refractivity contribution in [3.05, 3.63) is 19.6 Å².